The number of rotatable bonds is 7. The van der Waals surface area contributed by atoms with Crippen LogP contribution in [-0.2, 0) is 4.74 Å². The SMILES string of the molecule is CO[C@@H]1C[C@H](c2nc(C)no2)N(C[C@@H](O)COc2ccccc2)C1. The number of hydrogen-bond donors (Lipinski definition) is 1. The molecule has 0 spiro atoms. The van der Waals surface area contributed by atoms with Gasteiger partial charge in [-0.3, -0.25) is 4.90 Å². The number of benzene rings is 1. The maximum absolute atomic E-state index is 10.3. The van der Waals surface area contributed by atoms with Gasteiger partial charge in [-0.2, -0.15) is 4.98 Å². The summed E-state index contributed by atoms with van der Waals surface area (Å²) >= 11 is 0. The van der Waals surface area contributed by atoms with Crippen molar-refractivity contribution in [2.75, 3.05) is 26.8 Å². The number of β-amino-alcohol motifs (C(OH)–C–C–N with tert-alkyl or cyclic N) is 1. The molecule has 1 saturated heterocycles. The molecule has 7 heteroatoms. The van der Waals surface area contributed by atoms with Crippen molar-refractivity contribution in [3.63, 3.8) is 0 Å². The third-order valence-corrected chi connectivity index (χ3v) is 4.16. The van der Waals surface area contributed by atoms with E-state index in [0.717, 1.165) is 12.2 Å². The van der Waals surface area contributed by atoms with Gasteiger partial charge in [0.15, 0.2) is 5.82 Å². The molecule has 24 heavy (non-hydrogen) atoms. The average molecular weight is 333 g/mol. The quantitative estimate of drug-likeness (QED) is 0.824. The summed E-state index contributed by atoms with van der Waals surface area (Å²) in [5.74, 6) is 1.93. The minimum atomic E-state index is -0.618. The summed E-state index contributed by atoms with van der Waals surface area (Å²) in [6, 6.07) is 9.43. The van der Waals surface area contributed by atoms with E-state index in [1.807, 2.05) is 30.3 Å². The van der Waals surface area contributed by atoms with Gasteiger partial charge in [-0.05, 0) is 25.5 Å². The van der Waals surface area contributed by atoms with E-state index in [1.54, 1.807) is 14.0 Å². The smallest absolute Gasteiger partial charge is 0.244 e. The van der Waals surface area contributed by atoms with E-state index in [-0.39, 0.29) is 18.8 Å². The number of nitrogens with zero attached hydrogens (tertiary/aromatic N) is 3. The fourth-order valence-corrected chi connectivity index (χ4v) is 2.97. The van der Waals surface area contributed by atoms with Crippen LogP contribution in [0.3, 0.4) is 0 Å². The molecular weight excluding hydrogens is 310 g/mol. The van der Waals surface area contributed by atoms with Gasteiger partial charge in [-0.15, -0.1) is 0 Å². The molecule has 130 valence electrons. The van der Waals surface area contributed by atoms with E-state index in [0.29, 0.717) is 24.8 Å². The summed E-state index contributed by atoms with van der Waals surface area (Å²) in [5.41, 5.74) is 0. The van der Waals surface area contributed by atoms with E-state index < -0.39 is 6.10 Å². The largest absolute Gasteiger partial charge is 0.491 e. The molecule has 1 aromatic carbocycles. The lowest BCUT2D eigenvalue weighted by molar-refractivity contribution is 0.0527. The van der Waals surface area contributed by atoms with Gasteiger partial charge in [0.25, 0.3) is 0 Å². The highest BCUT2D eigenvalue weighted by molar-refractivity contribution is 5.20. The van der Waals surface area contributed by atoms with Gasteiger partial charge in [0.2, 0.25) is 5.89 Å². The monoisotopic (exact) mass is 333 g/mol. The minimum Gasteiger partial charge on any atom is -0.491 e. The molecule has 7 nitrogen and oxygen atoms in total. The first-order valence-corrected chi connectivity index (χ1v) is 8.08. The van der Waals surface area contributed by atoms with Gasteiger partial charge < -0.3 is 19.1 Å². The van der Waals surface area contributed by atoms with Crippen LogP contribution in [0.25, 0.3) is 0 Å². The van der Waals surface area contributed by atoms with Crippen molar-refractivity contribution >= 4 is 0 Å². The van der Waals surface area contributed by atoms with Crippen molar-refractivity contribution in [1.82, 2.24) is 15.0 Å². The van der Waals surface area contributed by atoms with Crippen molar-refractivity contribution in [3.8, 4) is 5.75 Å². The van der Waals surface area contributed by atoms with Gasteiger partial charge in [0, 0.05) is 20.2 Å². The van der Waals surface area contributed by atoms with Gasteiger partial charge in [0.05, 0.1) is 12.1 Å². The first kappa shape index (κ1) is 16.9. The lowest BCUT2D eigenvalue weighted by Crippen LogP contribution is -2.36. The Labute approximate surface area is 141 Å². The summed E-state index contributed by atoms with van der Waals surface area (Å²) in [7, 11) is 1.69. The van der Waals surface area contributed by atoms with Gasteiger partial charge in [-0.25, -0.2) is 0 Å². The van der Waals surface area contributed by atoms with Crippen molar-refractivity contribution in [3.05, 3.63) is 42.0 Å². The zero-order valence-electron chi connectivity index (χ0n) is 14.0. The minimum absolute atomic E-state index is 0.0393. The Hall–Kier alpha value is -1.96. The van der Waals surface area contributed by atoms with Crippen molar-refractivity contribution < 1.29 is 19.1 Å². The van der Waals surface area contributed by atoms with Crippen LogP contribution in [0, 0.1) is 6.92 Å². The molecule has 1 aromatic heterocycles. The molecular formula is C17H23N3O4. The maximum atomic E-state index is 10.3. The predicted octanol–water partition coefficient (Wildman–Crippen LogP) is 1.58. The first-order valence-electron chi connectivity index (χ1n) is 8.08. The van der Waals surface area contributed by atoms with Crippen LogP contribution in [0.15, 0.2) is 34.9 Å². The van der Waals surface area contributed by atoms with Crippen LogP contribution in [0.4, 0.5) is 0 Å². The zero-order valence-corrected chi connectivity index (χ0v) is 14.0. The average Bonchev–Trinajstić information content (AvgIpc) is 3.20. The van der Waals surface area contributed by atoms with Crippen LogP contribution in [0.2, 0.25) is 0 Å². The molecule has 0 amide bonds. The maximum Gasteiger partial charge on any atom is 0.244 e. The van der Waals surface area contributed by atoms with E-state index in [4.69, 9.17) is 14.0 Å². The molecule has 0 unspecified atom stereocenters. The number of aliphatic hydroxyl groups excluding tert-OH is 1. The number of hydrogen-bond acceptors (Lipinski definition) is 7. The number of aromatic nitrogens is 2. The molecule has 1 fully saturated rings. The summed E-state index contributed by atoms with van der Waals surface area (Å²) in [6.07, 6.45) is 0.237. The van der Waals surface area contributed by atoms with Crippen LogP contribution >= 0.6 is 0 Å². The van der Waals surface area contributed by atoms with Gasteiger partial charge >= 0.3 is 0 Å². The molecule has 1 aliphatic heterocycles. The van der Waals surface area contributed by atoms with Crippen LogP contribution in [-0.4, -0.2) is 59.2 Å². The van der Waals surface area contributed by atoms with E-state index >= 15 is 0 Å². The summed E-state index contributed by atoms with van der Waals surface area (Å²) in [4.78, 5) is 6.44. The van der Waals surface area contributed by atoms with Crippen LogP contribution in [0.5, 0.6) is 5.75 Å². The molecule has 3 atom stereocenters. The fourth-order valence-electron chi connectivity index (χ4n) is 2.97. The Morgan fingerprint density at radius 3 is 2.83 bits per heavy atom. The lowest BCUT2D eigenvalue weighted by atomic mass is 10.2. The highest BCUT2D eigenvalue weighted by atomic mass is 16.5. The number of likely N-dealkylation sites (tertiary alicyclic amines) is 1. The molecule has 1 N–H and O–H groups in total. The molecule has 0 saturated carbocycles. The molecule has 1 aliphatic rings. The lowest BCUT2D eigenvalue weighted by Gasteiger charge is -2.24. The van der Waals surface area contributed by atoms with E-state index in [9.17, 15) is 5.11 Å². The van der Waals surface area contributed by atoms with Crippen molar-refractivity contribution in [1.29, 1.82) is 0 Å². The highest BCUT2D eigenvalue weighted by Crippen LogP contribution is 2.32. The molecule has 0 aliphatic carbocycles. The predicted molar refractivity (Wildman–Crippen MR) is 86.7 cm³/mol. The molecule has 0 radical (unpaired) electrons. The number of ether oxygens (including phenoxy) is 2. The zero-order chi connectivity index (χ0) is 16.9. The second-order valence-corrected chi connectivity index (χ2v) is 6.02. The van der Waals surface area contributed by atoms with Crippen molar-refractivity contribution in [2.24, 2.45) is 0 Å². The van der Waals surface area contributed by atoms with E-state index in [2.05, 4.69) is 15.0 Å². The Bertz CT molecular complexity index is 634. The number of para-hydroxylation sites is 1. The van der Waals surface area contributed by atoms with Gasteiger partial charge in [0.1, 0.15) is 18.5 Å². The molecule has 2 heterocycles. The molecule has 3 rings (SSSR count). The van der Waals surface area contributed by atoms with Crippen molar-refractivity contribution in [2.45, 2.75) is 31.6 Å². The molecule has 2 aromatic rings. The highest BCUT2D eigenvalue weighted by Gasteiger charge is 2.37. The summed E-state index contributed by atoms with van der Waals surface area (Å²) in [6.45, 7) is 3.19. The topological polar surface area (TPSA) is 80.9 Å². The first-order chi connectivity index (χ1) is 11.7. The van der Waals surface area contributed by atoms with Crippen LogP contribution < -0.4 is 4.74 Å². The van der Waals surface area contributed by atoms with E-state index in [1.165, 1.54) is 0 Å². The Morgan fingerprint density at radius 1 is 1.38 bits per heavy atom. The second-order valence-electron chi connectivity index (χ2n) is 6.02. The second kappa shape index (κ2) is 7.74. The van der Waals surface area contributed by atoms with Crippen LogP contribution in [0.1, 0.15) is 24.2 Å². The third kappa shape index (κ3) is 4.11. The standard InChI is InChI=1S/C17H23N3O4/c1-12-18-17(24-19-12)16-8-15(22-2)10-20(16)9-13(21)11-23-14-6-4-3-5-7-14/h3-7,13,15-16,21H,8-11H2,1-2H3/t13-,15-,16-/m1/s1. The fraction of sp³-hybridized carbons (Fsp3) is 0.529. The molecule has 0 bridgehead atoms. The Balaban J connectivity index is 1.58. The third-order valence-electron chi connectivity index (χ3n) is 4.16. The summed E-state index contributed by atoms with van der Waals surface area (Å²) in [5, 5.41) is 14.2. The normalized spacial score (nSPS) is 22.6. The number of aryl methyl sites for hydroxylation is 1. The Kier molecular flexibility index (Phi) is 5.44. The number of aliphatic hydroxyl groups is 1. The summed E-state index contributed by atoms with van der Waals surface area (Å²) < 4.78 is 16.4. The number of methoxy groups -OCH3 is 1. The Morgan fingerprint density at radius 2 is 2.17 bits per heavy atom. The van der Waals surface area contributed by atoms with Gasteiger partial charge in [-0.1, -0.05) is 23.4 Å².